The lowest BCUT2D eigenvalue weighted by atomic mass is 9.90. The van der Waals surface area contributed by atoms with Crippen LogP contribution in [0.4, 0.5) is 0 Å². The third kappa shape index (κ3) is 1.60. The van der Waals surface area contributed by atoms with E-state index in [0.29, 0.717) is 11.7 Å². The summed E-state index contributed by atoms with van der Waals surface area (Å²) in [4.78, 5) is 0. The van der Waals surface area contributed by atoms with Gasteiger partial charge in [0.25, 0.3) is 0 Å². The van der Waals surface area contributed by atoms with E-state index in [2.05, 4.69) is 19.1 Å². The molecule has 0 spiro atoms. The molecule has 0 saturated heterocycles. The molecule has 3 aliphatic rings. The Balaban J connectivity index is 1.71. The molecule has 1 aromatic rings. The first-order valence-electron chi connectivity index (χ1n) is 7.60. The number of benzene rings is 1. The van der Waals surface area contributed by atoms with E-state index >= 15 is 0 Å². The van der Waals surface area contributed by atoms with Gasteiger partial charge in [-0.05, 0) is 78.9 Å². The number of hydrogen-bond acceptors (Lipinski definition) is 1. The van der Waals surface area contributed by atoms with Gasteiger partial charge in [0.15, 0.2) is 0 Å². The molecule has 3 aliphatic carbocycles. The van der Waals surface area contributed by atoms with Crippen LogP contribution in [-0.2, 0) is 6.42 Å². The summed E-state index contributed by atoms with van der Waals surface area (Å²) in [6.45, 7) is 2.28. The highest BCUT2D eigenvalue weighted by Crippen LogP contribution is 2.53. The van der Waals surface area contributed by atoms with Crippen LogP contribution in [0, 0.1) is 11.8 Å². The van der Waals surface area contributed by atoms with Crippen molar-refractivity contribution in [3.8, 4) is 5.75 Å². The molecular formula is C17H22O. The Bertz CT molecular complexity index is 483. The summed E-state index contributed by atoms with van der Waals surface area (Å²) in [5, 5.41) is 10.6. The fraction of sp³-hybridized carbons (Fsp3) is 0.647. The topological polar surface area (TPSA) is 20.2 Å². The predicted molar refractivity (Wildman–Crippen MR) is 73.0 cm³/mol. The summed E-state index contributed by atoms with van der Waals surface area (Å²) in [7, 11) is 0. The summed E-state index contributed by atoms with van der Waals surface area (Å²) in [6, 6.07) is 4.55. The summed E-state index contributed by atoms with van der Waals surface area (Å²) in [6.07, 6.45) is 7.89. The molecule has 0 aromatic heterocycles. The lowest BCUT2D eigenvalue weighted by Gasteiger charge is -2.17. The molecule has 0 bridgehead atoms. The largest absolute Gasteiger partial charge is 0.507 e. The smallest absolute Gasteiger partial charge is 0.122 e. The fourth-order valence-corrected chi connectivity index (χ4v) is 3.94. The maximum absolute atomic E-state index is 10.6. The SMILES string of the molecule is CC(c1ccc2c(c1O)CCC2C1CC1)C1CC1. The van der Waals surface area contributed by atoms with Crippen LogP contribution in [0.3, 0.4) is 0 Å². The zero-order chi connectivity index (χ0) is 12.3. The molecule has 1 aromatic carbocycles. The van der Waals surface area contributed by atoms with E-state index in [0.717, 1.165) is 24.2 Å². The van der Waals surface area contributed by atoms with Gasteiger partial charge in [-0.2, -0.15) is 0 Å². The predicted octanol–water partition coefficient (Wildman–Crippen LogP) is 4.35. The maximum Gasteiger partial charge on any atom is 0.122 e. The Labute approximate surface area is 109 Å². The zero-order valence-corrected chi connectivity index (χ0v) is 11.2. The molecule has 0 heterocycles. The van der Waals surface area contributed by atoms with E-state index in [1.165, 1.54) is 48.8 Å². The van der Waals surface area contributed by atoms with Gasteiger partial charge in [0.1, 0.15) is 5.75 Å². The van der Waals surface area contributed by atoms with E-state index in [1.54, 1.807) is 0 Å². The molecule has 0 radical (unpaired) electrons. The van der Waals surface area contributed by atoms with Gasteiger partial charge < -0.3 is 5.11 Å². The van der Waals surface area contributed by atoms with Crippen LogP contribution in [0.15, 0.2) is 12.1 Å². The standard InChI is InChI=1S/C17H22O/c1-10(11-2-3-11)13-6-8-15-14(12-4-5-12)7-9-16(15)17(13)18/h6,8,10-12,14,18H,2-5,7,9H2,1H3. The second-order valence-electron chi connectivity index (χ2n) is 6.68. The first kappa shape index (κ1) is 10.9. The first-order chi connectivity index (χ1) is 8.75. The van der Waals surface area contributed by atoms with Gasteiger partial charge in [0, 0.05) is 0 Å². The van der Waals surface area contributed by atoms with Crippen molar-refractivity contribution in [3.05, 3.63) is 28.8 Å². The molecule has 2 atom stereocenters. The molecule has 0 aliphatic heterocycles. The summed E-state index contributed by atoms with van der Waals surface area (Å²) >= 11 is 0. The Kier molecular flexibility index (Phi) is 2.27. The zero-order valence-electron chi connectivity index (χ0n) is 11.2. The second kappa shape index (κ2) is 3.76. The highest BCUT2D eigenvalue weighted by atomic mass is 16.3. The third-order valence-corrected chi connectivity index (χ3v) is 5.47. The summed E-state index contributed by atoms with van der Waals surface area (Å²) < 4.78 is 0. The van der Waals surface area contributed by atoms with E-state index < -0.39 is 0 Å². The Morgan fingerprint density at radius 1 is 1.11 bits per heavy atom. The van der Waals surface area contributed by atoms with E-state index in [4.69, 9.17) is 0 Å². The second-order valence-corrected chi connectivity index (χ2v) is 6.68. The van der Waals surface area contributed by atoms with Crippen molar-refractivity contribution < 1.29 is 5.11 Å². The van der Waals surface area contributed by atoms with Gasteiger partial charge in [-0.15, -0.1) is 0 Å². The van der Waals surface area contributed by atoms with E-state index in [9.17, 15) is 5.11 Å². The average molecular weight is 242 g/mol. The third-order valence-electron chi connectivity index (χ3n) is 5.47. The van der Waals surface area contributed by atoms with Crippen molar-refractivity contribution in [3.63, 3.8) is 0 Å². The maximum atomic E-state index is 10.6. The molecule has 2 saturated carbocycles. The number of hydrogen-bond donors (Lipinski definition) is 1. The lowest BCUT2D eigenvalue weighted by molar-refractivity contribution is 0.452. The van der Waals surface area contributed by atoms with Crippen molar-refractivity contribution in [1.82, 2.24) is 0 Å². The molecule has 1 nitrogen and oxygen atoms in total. The number of aromatic hydroxyl groups is 1. The van der Waals surface area contributed by atoms with Gasteiger partial charge in [-0.1, -0.05) is 19.1 Å². The highest BCUT2D eigenvalue weighted by Gasteiger charge is 2.38. The first-order valence-corrected chi connectivity index (χ1v) is 7.60. The molecule has 1 heteroatoms. The Hall–Kier alpha value is -0.980. The molecule has 18 heavy (non-hydrogen) atoms. The van der Waals surface area contributed by atoms with Crippen molar-refractivity contribution in [2.45, 2.75) is 57.3 Å². The Morgan fingerprint density at radius 3 is 2.56 bits per heavy atom. The molecule has 0 amide bonds. The number of fused-ring (bicyclic) bond motifs is 1. The highest BCUT2D eigenvalue weighted by molar-refractivity contribution is 5.51. The lowest BCUT2D eigenvalue weighted by Crippen LogP contribution is -2.00. The van der Waals surface area contributed by atoms with E-state index in [1.807, 2.05) is 0 Å². The van der Waals surface area contributed by atoms with Crippen molar-refractivity contribution in [2.75, 3.05) is 0 Å². The van der Waals surface area contributed by atoms with Crippen LogP contribution in [-0.4, -0.2) is 5.11 Å². The monoisotopic (exact) mass is 242 g/mol. The fourth-order valence-electron chi connectivity index (χ4n) is 3.94. The molecule has 2 unspecified atom stereocenters. The molecule has 96 valence electrons. The quantitative estimate of drug-likeness (QED) is 0.835. The number of rotatable bonds is 3. The Morgan fingerprint density at radius 2 is 1.89 bits per heavy atom. The van der Waals surface area contributed by atoms with Gasteiger partial charge in [0.05, 0.1) is 0 Å². The minimum Gasteiger partial charge on any atom is -0.507 e. The van der Waals surface area contributed by atoms with Crippen LogP contribution >= 0.6 is 0 Å². The van der Waals surface area contributed by atoms with Gasteiger partial charge in [-0.3, -0.25) is 0 Å². The van der Waals surface area contributed by atoms with Crippen LogP contribution in [0.1, 0.15) is 67.6 Å². The minimum absolute atomic E-state index is 0.551. The normalized spacial score (nSPS) is 28.2. The molecular weight excluding hydrogens is 220 g/mol. The van der Waals surface area contributed by atoms with Crippen LogP contribution in [0.2, 0.25) is 0 Å². The van der Waals surface area contributed by atoms with Gasteiger partial charge in [0.2, 0.25) is 0 Å². The van der Waals surface area contributed by atoms with E-state index in [-0.39, 0.29) is 0 Å². The summed E-state index contributed by atoms with van der Waals surface area (Å²) in [5.41, 5.74) is 3.98. The molecule has 4 rings (SSSR count). The number of phenolic OH excluding ortho intramolecular Hbond substituents is 1. The van der Waals surface area contributed by atoms with Crippen LogP contribution < -0.4 is 0 Å². The van der Waals surface area contributed by atoms with Crippen molar-refractivity contribution in [1.29, 1.82) is 0 Å². The minimum atomic E-state index is 0.551. The van der Waals surface area contributed by atoms with Crippen molar-refractivity contribution in [2.24, 2.45) is 11.8 Å². The van der Waals surface area contributed by atoms with Gasteiger partial charge >= 0.3 is 0 Å². The molecule has 2 fully saturated rings. The van der Waals surface area contributed by atoms with Crippen LogP contribution in [0.25, 0.3) is 0 Å². The van der Waals surface area contributed by atoms with Crippen LogP contribution in [0.5, 0.6) is 5.75 Å². The molecule has 1 N–H and O–H groups in total. The number of phenols is 1. The average Bonchev–Trinajstić information content (AvgIpc) is 3.26. The van der Waals surface area contributed by atoms with Crippen molar-refractivity contribution >= 4 is 0 Å². The van der Waals surface area contributed by atoms with Gasteiger partial charge in [-0.25, -0.2) is 0 Å². The summed E-state index contributed by atoms with van der Waals surface area (Å²) in [5.74, 6) is 3.72.